The van der Waals surface area contributed by atoms with Crippen molar-refractivity contribution in [3.05, 3.63) is 106 Å². The minimum absolute atomic E-state index is 0.0934. The number of phenols is 1. The van der Waals surface area contributed by atoms with Gasteiger partial charge in [-0.1, -0.05) is 18.2 Å². The summed E-state index contributed by atoms with van der Waals surface area (Å²) >= 11 is 0. The smallest absolute Gasteiger partial charge is 0.328 e. The minimum Gasteiger partial charge on any atom is -0.507 e. The first-order valence-corrected chi connectivity index (χ1v) is 22.0. The van der Waals surface area contributed by atoms with Gasteiger partial charge in [0, 0.05) is 98.6 Å². The van der Waals surface area contributed by atoms with Gasteiger partial charge in [0.2, 0.25) is 5.91 Å². The molecule has 4 aromatic rings. The zero-order chi connectivity index (χ0) is 42.4. The van der Waals surface area contributed by atoms with Crippen molar-refractivity contribution in [2.45, 2.75) is 88.6 Å². The molecule has 4 aliphatic heterocycles. The number of hydrogen-bond acceptors (Lipinski definition) is 10. The van der Waals surface area contributed by atoms with E-state index >= 15 is 0 Å². The number of hydrogen-bond donors (Lipinski definition) is 5. The van der Waals surface area contributed by atoms with Crippen LogP contribution in [0.1, 0.15) is 108 Å². The Labute approximate surface area is 357 Å². The van der Waals surface area contributed by atoms with Gasteiger partial charge in [-0.2, -0.15) is 0 Å². The van der Waals surface area contributed by atoms with Crippen LogP contribution in [0.15, 0.2) is 78.5 Å². The highest BCUT2D eigenvalue weighted by molar-refractivity contribution is 6.06. The number of urea groups is 1. The number of phenolic OH excluding ortho intramolecular Hbond substituents is 1. The first-order valence-electron chi connectivity index (χ1n) is 22.0. The first-order chi connectivity index (χ1) is 29.5. The van der Waals surface area contributed by atoms with E-state index < -0.39 is 0 Å². The number of carbonyl (C=O) groups is 3. The summed E-state index contributed by atoms with van der Waals surface area (Å²) in [6, 6.07) is 15.5. The number of benzene rings is 2. The van der Waals surface area contributed by atoms with Gasteiger partial charge in [-0.25, -0.2) is 9.78 Å². The van der Waals surface area contributed by atoms with Crippen LogP contribution in [0.4, 0.5) is 10.5 Å². The summed E-state index contributed by atoms with van der Waals surface area (Å²) in [7, 11) is 0. The highest BCUT2D eigenvalue weighted by Gasteiger charge is 2.35. The molecular formula is C47H58N10O4. The number of allylic oxidation sites excluding steroid dienone is 1. The summed E-state index contributed by atoms with van der Waals surface area (Å²) in [5, 5.41) is 13.9. The molecule has 5 aliphatic rings. The summed E-state index contributed by atoms with van der Waals surface area (Å²) in [4.78, 5) is 51.8. The van der Waals surface area contributed by atoms with Crippen LogP contribution in [0.2, 0.25) is 0 Å². The second-order valence-corrected chi connectivity index (χ2v) is 17.7. The average molecular weight is 827 g/mol. The standard InChI is InChI=1S/C47H58N10O4/c1-29-22-31(12-13-36(29)32-6-4-17-54(26-32)41(44(49)50)24-40(48)37-8-2-3-9-42(37)58)46(60)55-18-5-7-34(27-55)53-19-14-33(15-20-53)57-28-39(30-10-11-30)38-23-35(25-51-45(38)57)56-21-16-43(59)52-47(56)61/h2-3,8-9,12-13,22-25,28,30,32-34,58H,4-7,10-11,14-21,26-27,48-50H2,1H3,(H,52,59,61)/b40-24-. The monoisotopic (exact) mass is 826 g/mol. The number of aryl methyl sites for hydroxylation is 1. The Morgan fingerprint density at radius 2 is 1.61 bits per heavy atom. The third kappa shape index (κ3) is 8.25. The van der Waals surface area contributed by atoms with Crippen LogP contribution < -0.4 is 27.4 Å². The normalized spacial score (nSPS) is 22.1. The van der Waals surface area contributed by atoms with Crippen molar-refractivity contribution in [1.29, 1.82) is 0 Å². The van der Waals surface area contributed by atoms with Crippen LogP contribution in [0, 0.1) is 6.92 Å². The third-order valence-electron chi connectivity index (χ3n) is 13.7. The van der Waals surface area contributed by atoms with E-state index in [1.54, 1.807) is 35.4 Å². The van der Waals surface area contributed by atoms with E-state index in [1.807, 2.05) is 12.1 Å². The van der Waals surface area contributed by atoms with E-state index in [0.29, 0.717) is 48.0 Å². The molecule has 2 aromatic heterocycles. The molecule has 61 heavy (non-hydrogen) atoms. The molecule has 4 saturated heterocycles. The van der Waals surface area contributed by atoms with Gasteiger partial charge in [0.15, 0.2) is 0 Å². The maximum Gasteiger partial charge on any atom is 0.328 e. The first kappa shape index (κ1) is 40.4. The number of piperidine rings is 3. The number of pyridine rings is 1. The van der Waals surface area contributed by atoms with E-state index in [9.17, 15) is 19.5 Å². The Kier molecular flexibility index (Phi) is 11.1. The molecule has 14 heteroatoms. The number of fused-ring (bicyclic) bond motifs is 1. The zero-order valence-electron chi connectivity index (χ0n) is 35.1. The number of carbonyl (C=O) groups excluding carboxylic acids is 3. The van der Waals surface area contributed by atoms with Crippen LogP contribution in [0.25, 0.3) is 16.7 Å². The predicted molar refractivity (Wildman–Crippen MR) is 236 cm³/mol. The van der Waals surface area contributed by atoms with E-state index in [4.69, 9.17) is 22.2 Å². The summed E-state index contributed by atoms with van der Waals surface area (Å²) in [5.74, 6) is 0.880. The van der Waals surface area contributed by atoms with Gasteiger partial charge in [-0.3, -0.25) is 24.7 Å². The molecule has 5 fully saturated rings. The molecule has 0 bridgehead atoms. The molecular weight excluding hydrogens is 769 g/mol. The number of rotatable bonds is 9. The predicted octanol–water partition coefficient (Wildman–Crippen LogP) is 5.58. The Hall–Kier alpha value is -6.02. The lowest BCUT2D eigenvalue weighted by molar-refractivity contribution is -0.120. The van der Waals surface area contributed by atoms with E-state index in [0.717, 1.165) is 99.1 Å². The largest absolute Gasteiger partial charge is 0.507 e. The summed E-state index contributed by atoms with van der Waals surface area (Å²) in [6.07, 6.45) is 14.5. The fourth-order valence-corrected chi connectivity index (χ4v) is 10.3. The van der Waals surface area contributed by atoms with Crippen LogP contribution in [0.3, 0.4) is 0 Å². The quantitative estimate of drug-likeness (QED) is 0.133. The van der Waals surface area contributed by atoms with Crippen LogP contribution in [-0.2, 0) is 4.79 Å². The van der Waals surface area contributed by atoms with Gasteiger partial charge >= 0.3 is 6.03 Å². The van der Waals surface area contributed by atoms with E-state index in [1.165, 1.54) is 24.0 Å². The number of aromatic nitrogens is 2. The lowest BCUT2D eigenvalue weighted by atomic mass is 9.86. The molecule has 1 aliphatic carbocycles. The minimum atomic E-state index is -0.388. The Bertz CT molecular complexity index is 2410. The van der Waals surface area contributed by atoms with Crippen molar-refractivity contribution in [1.82, 2.24) is 29.6 Å². The van der Waals surface area contributed by atoms with Gasteiger partial charge in [0.05, 0.1) is 17.6 Å². The summed E-state index contributed by atoms with van der Waals surface area (Å²) < 4.78 is 2.38. The zero-order valence-corrected chi connectivity index (χ0v) is 35.1. The maximum absolute atomic E-state index is 14.1. The number of likely N-dealkylation sites (tertiary alicyclic amines) is 3. The number of nitrogens with one attached hydrogen (secondary N) is 1. The summed E-state index contributed by atoms with van der Waals surface area (Å²) in [6.45, 7) is 7.37. The van der Waals surface area contributed by atoms with Gasteiger partial charge < -0.3 is 36.7 Å². The van der Waals surface area contributed by atoms with Gasteiger partial charge in [0.25, 0.3) is 5.91 Å². The number of nitrogens with zero attached hydrogens (tertiary/aromatic N) is 6. The molecule has 0 spiro atoms. The molecule has 2 unspecified atom stereocenters. The topological polar surface area (TPSA) is 192 Å². The second kappa shape index (κ2) is 16.8. The van der Waals surface area contributed by atoms with Crippen molar-refractivity contribution in [3.8, 4) is 5.75 Å². The lowest BCUT2D eigenvalue weighted by Gasteiger charge is -2.42. The Morgan fingerprint density at radius 1 is 0.836 bits per heavy atom. The molecule has 2 aromatic carbocycles. The SMILES string of the molecule is Cc1cc(C(=O)N2CCCC(N3CCC(n4cc(C5CC5)c5cc(N6CCC(=O)NC6=O)cnc54)CC3)C2)ccc1C1CCCN(C(/C=C(\N)c2ccccc2O)=C(N)N)C1. The number of nitrogens with two attached hydrogens (primary N) is 3. The molecule has 8 N–H and O–H groups in total. The van der Waals surface area contributed by atoms with Crippen LogP contribution in [-0.4, -0.2) is 99.1 Å². The van der Waals surface area contributed by atoms with Gasteiger partial charge in [-0.05, 0) is 117 Å². The summed E-state index contributed by atoms with van der Waals surface area (Å²) in [5.41, 5.74) is 26.5. The number of imide groups is 1. The van der Waals surface area contributed by atoms with Crippen LogP contribution in [0.5, 0.6) is 5.75 Å². The lowest BCUT2D eigenvalue weighted by Crippen LogP contribution is -2.51. The van der Waals surface area contributed by atoms with Gasteiger partial charge in [-0.15, -0.1) is 0 Å². The molecule has 1 saturated carbocycles. The van der Waals surface area contributed by atoms with Crippen molar-refractivity contribution in [2.75, 3.05) is 50.7 Å². The molecule has 4 amide bonds. The number of amides is 4. The fourth-order valence-electron chi connectivity index (χ4n) is 10.3. The van der Waals surface area contributed by atoms with Crippen molar-refractivity contribution in [3.63, 3.8) is 0 Å². The average Bonchev–Trinajstić information content (AvgIpc) is 4.05. The fraction of sp³-hybridized carbons (Fsp3) is 0.447. The van der Waals surface area contributed by atoms with E-state index in [2.05, 4.69) is 55.9 Å². The number of anilines is 1. The molecule has 6 heterocycles. The van der Waals surface area contributed by atoms with E-state index in [-0.39, 0.29) is 41.8 Å². The Balaban J connectivity index is 0.831. The second-order valence-electron chi connectivity index (χ2n) is 17.7. The molecule has 2 atom stereocenters. The Morgan fingerprint density at radius 3 is 2.34 bits per heavy atom. The molecule has 0 radical (unpaired) electrons. The molecule has 14 nitrogen and oxygen atoms in total. The van der Waals surface area contributed by atoms with Crippen molar-refractivity contribution in [2.24, 2.45) is 17.2 Å². The maximum atomic E-state index is 14.1. The third-order valence-corrected chi connectivity index (χ3v) is 13.7. The van der Waals surface area contributed by atoms with Crippen molar-refractivity contribution >= 4 is 40.3 Å². The number of aromatic hydroxyl groups is 1. The number of para-hydroxylation sites is 1. The van der Waals surface area contributed by atoms with Gasteiger partial charge in [0.1, 0.15) is 17.2 Å². The van der Waals surface area contributed by atoms with Crippen molar-refractivity contribution < 1.29 is 19.5 Å². The molecule has 9 rings (SSSR count). The highest BCUT2D eigenvalue weighted by Crippen LogP contribution is 2.45. The highest BCUT2D eigenvalue weighted by atomic mass is 16.3. The molecule has 320 valence electrons. The van der Waals surface area contributed by atoms with Crippen LogP contribution >= 0.6 is 0 Å².